The minimum atomic E-state index is -1.51. The molecule has 20 heavy (non-hydrogen) atoms. The molecule has 1 fully saturated rings. The van der Waals surface area contributed by atoms with E-state index >= 15 is 0 Å². The summed E-state index contributed by atoms with van der Waals surface area (Å²) in [6.07, 6.45) is -6.70. The van der Waals surface area contributed by atoms with Crippen LogP contribution in [0.3, 0.4) is 0 Å². The van der Waals surface area contributed by atoms with Crippen molar-refractivity contribution in [2.75, 3.05) is 6.61 Å². The quantitative estimate of drug-likeness (QED) is 0.447. The molecule has 7 nitrogen and oxygen atoms in total. The van der Waals surface area contributed by atoms with Crippen LogP contribution in [0.5, 0.6) is 0 Å². The number of hydrogen-bond donors (Lipinski definition) is 5. The zero-order valence-electron chi connectivity index (χ0n) is 10.6. The molecule has 1 heterocycles. The van der Waals surface area contributed by atoms with E-state index in [4.69, 9.17) is 9.84 Å². The summed E-state index contributed by atoms with van der Waals surface area (Å²) in [5.41, 5.74) is 0.365. The van der Waals surface area contributed by atoms with E-state index < -0.39 is 43.2 Å². The van der Waals surface area contributed by atoms with Crippen molar-refractivity contribution in [1.29, 1.82) is 0 Å². The second-order valence-corrected chi connectivity index (χ2v) is 4.59. The number of nitrogens with one attached hydrogen (secondary N) is 1. The lowest BCUT2D eigenvalue weighted by atomic mass is 9.98. The predicted molar refractivity (Wildman–Crippen MR) is 67.7 cm³/mol. The highest BCUT2D eigenvalue weighted by molar-refractivity contribution is 5.94. The fourth-order valence-corrected chi connectivity index (χ4v) is 2.02. The molecule has 2 rings (SSSR count). The number of aliphatic hydroxyl groups is 4. The Morgan fingerprint density at radius 3 is 2.35 bits per heavy atom. The first kappa shape index (κ1) is 14.9. The van der Waals surface area contributed by atoms with Gasteiger partial charge >= 0.3 is 0 Å². The molecule has 0 radical (unpaired) electrons. The number of amides is 1. The molecule has 1 aromatic carbocycles. The van der Waals surface area contributed by atoms with Gasteiger partial charge < -0.3 is 30.5 Å². The smallest absolute Gasteiger partial charge is 0.253 e. The summed E-state index contributed by atoms with van der Waals surface area (Å²) < 4.78 is 5.18. The average molecular weight is 283 g/mol. The van der Waals surface area contributed by atoms with Gasteiger partial charge in [-0.3, -0.25) is 4.79 Å². The van der Waals surface area contributed by atoms with E-state index in [0.717, 1.165) is 0 Å². The van der Waals surface area contributed by atoms with Gasteiger partial charge in [-0.05, 0) is 12.1 Å². The molecule has 0 aromatic heterocycles. The van der Waals surface area contributed by atoms with Crippen molar-refractivity contribution in [3.63, 3.8) is 0 Å². The molecule has 110 valence electrons. The summed E-state index contributed by atoms with van der Waals surface area (Å²) in [7, 11) is 0. The van der Waals surface area contributed by atoms with Crippen LogP contribution in [0.4, 0.5) is 0 Å². The van der Waals surface area contributed by atoms with Gasteiger partial charge in [0, 0.05) is 5.56 Å². The summed E-state index contributed by atoms with van der Waals surface area (Å²) >= 11 is 0. The van der Waals surface area contributed by atoms with Crippen molar-refractivity contribution in [2.24, 2.45) is 0 Å². The van der Waals surface area contributed by atoms with Crippen LogP contribution < -0.4 is 5.32 Å². The zero-order chi connectivity index (χ0) is 14.7. The lowest BCUT2D eigenvalue weighted by Gasteiger charge is -2.40. The highest BCUT2D eigenvalue weighted by Gasteiger charge is 2.43. The molecule has 1 aromatic rings. The maximum absolute atomic E-state index is 11.9. The van der Waals surface area contributed by atoms with Crippen molar-refractivity contribution in [3.8, 4) is 0 Å². The van der Waals surface area contributed by atoms with Gasteiger partial charge in [0.05, 0.1) is 6.61 Å². The van der Waals surface area contributed by atoms with E-state index in [2.05, 4.69) is 5.32 Å². The molecule has 7 heteroatoms. The highest BCUT2D eigenvalue weighted by Crippen LogP contribution is 2.20. The normalized spacial score (nSPS) is 33.7. The monoisotopic (exact) mass is 283 g/mol. The molecule has 1 unspecified atom stereocenters. The van der Waals surface area contributed by atoms with Gasteiger partial charge in [-0.1, -0.05) is 18.2 Å². The maximum atomic E-state index is 11.9. The minimum Gasteiger partial charge on any atom is -0.394 e. The molecule has 5 N–H and O–H groups in total. The molecule has 1 saturated heterocycles. The molecule has 5 atom stereocenters. The first-order valence-electron chi connectivity index (χ1n) is 6.21. The van der Waals surface area contributed by atoms with Crippen LogP contribution in [0.2, 0.25) is 0 Å². The van der Waals surface area contributed by atoms with Crippen molar-refractivity contribution < 1.29 is 30.0 Å². The summed E-state index contributed by atoms with van der Waals surface area (Å²) in [5, 5.41) is 40.5. The van der Waals surface area contributed by atoms with Crippen molar-refractivity contribution in [3.05, 3.63) is 35.9 Å². The third-order valence-corrected chi connectivity index (χ3v) is 3.20. The summed E-state index contributed by atoms with van der Waals surface area (Å²) in [6, 6.07) is 8.29. The SMILES string of the molecule is O=C(NC1O[C@H](CO)[C@@H](O)[C@H](O)[C@H]1O)c1ccccc1. The Morgan fingerprint density at radius 2 is 1.75 bits per heavy atom. The van der Waals surface area contributed by atoms with E-state index in [1.807, 2.05) is 0 Å². The van der Waals surface area contributed by atoms with Crippen LogP contribution in [0.1, 0.15) is 10.4 Å². The second kappa shape index (κ2) is 6.29. The Hall–Kier alpha value is -1.51. The molecular formula is C13H17NO6. The Bertz CT molecular complexity index is 451. The Balaban J connectivity index is 2.06. The van der Waals surface area contributed by atoms with Crippen LogP contribution in [-0.4, -0.2) is 63.6 Å². The lowest BCUT2D eigenvalue weighted by molar-refractivity contribution is -0.233. The molecule has 1 aliphatic heterocycles. The predicted octanol–water partition coefficient (Wildman–Crippen LogP) is -1.78. The number of carbonyl (C=O) groups is 1. The van der Waals surface area contributed by atoms with Crippen LogP contribution in [-0.2, 0) is 4.74 Å². The van der Waals surface area contributed by atoms with Gasteiger partial charge in [0.25, 0.3) is 5.91 Å². The summed E-state index contributed by atoms with van der Waals surface area (Å²) in [5.74, 6) is -0.491. The van der Waals surface area contributed by atoms with Gasteiger partial charge in [0.1, 0.15) is 24.4 Å². The van der Waals surface area contributed by atoms with Gasteiger partial charge in [0.2, 0.25) is 0 Å². The van der Waals surface area contributed by atoms with Gasteiger partial charge in [-0.2, -0.15) is 0 Å². The molecule has 0 bridgehead atoms. The number of carbonyl (C=O) groups excluding carboxylic acids is 1. The van der Waals surface area contributed by atoms with E-state index in [0.29, 0.717) is 5.56 Å². The first-order chi connectivity index (χ1) is 9.54. The van der Waals surface area contributed by atoms with Crippen LogP contribution in [0.15, 0.2) is 30.3 Å². The third-order valence-electron chi connectivity index (χ3n) is 3.20. The molecule has 1 aliphatic rings. The standard InChI is InChI=1S/C13H17NO6/c15-6-8-9(16)10(17)11(18)13(20-8)14-12(19)7-4-2-1-3-5-7/h1-5,8-11,13,15-18H,6H2,(H,14,19)/t8-,9-,10+,11-,13?/m1/s1. The fraction of sp³-hybridized carbons (Fsp3) is 0.462. The largest absolute Gasteiger partial charge is 0.394 e. The highest BCUT2D eigenvalue weighted by atomic mass is 16.6. The molecule has 0 aliphatic carbocycles. The van der Waals surface area contributed by atoms with E-state index in [1.165, 1.54) is 0 Å². The van der Waals surface area contributed by atoms with Crippen molar-refractivity contribution in [2.45, 2.75) is 30.6 Å². The number of aliphatic hydroxyl groups excluding tert-OH is 4. The Kier molecular flexibility index (Phi) is 4.69. The topological polar surface area (TPSA) is 119 Å². The Labute approximate surface area is 115 Å². The number of rotatable bonds is 3. The van der Waals surface area contributed by atoms with E-state index in [9.17, 15) is 20.1 Å². The van der Waals surface area contributed by atoms with Gasteiger partial charge in [0.15, 0.2) is 6.23 Å². The number of hydrogen-bond acceptors (Lipinski definition) is 6. The third kappa shape index (κ3) is 2.97. The minimum absolute atomic E-state index is 0.365. The zero-order valence-corrected chi connectivity index (χ0v) is 10.6. The summed E-state index contributed by atoms with van der Waals surface area (Å²) in [4.78, 5) is 11.9. The van der Waals surface area contributed by atoms with Gasteiger partial charge in [-0.15, -0.1) is 0 Å². The number of ether oxygens (including phenoxy) is 1. The maximum Gasteiger partial charge on any atom is 0.253 e. The Morgan fingerprint density at radius 1 is 1.10 bits per heavy atom. The van der Waals surface area contributed by atoms with Crippen LogP contribution >= 0.6 is 0 Å². The molecule has 0 saturated carbocycles. The van der Waals surface area contributed by atoms with Crippen molar-refractivity contribution >= 4 is 5.91 Å². The number of benzene rings is 1. The summed E-state index contributed by atoms with van der Waals surface area (Å²) in [6.45, 7) is -0.539. The second-order valence-electron chi connectivity index (χ2n) is 4.59. The van der Waals surface area contributed by atoms with Crippen LogP contribution in [0.25, 0.3) is 0 Å². The molecule has 0 spiro atoms. The first-order valence-corrected chi connectivity index (χ1v) is 6.21. The van der Waals surface area contributed by atoms with E-state index in [-0.39, 0.29) is 0 Å². The lowest BCUT2D eigenvalue weighted by Crippen LogP contribution is -2.63. The van der Waals surface area contributed by atoms with Crippen molar-refractivity contribution in [1.82, 2.24) is 5.32 Å². The van der Waals surface area contributed by atoms with E-state index in [1.54, 1.807) is 30.3 Å². The van der Waals surface area contributed by atoms with Gasteiger partial charge in [-0.25, -0.2) is 0 Å². The average Bonchev–Trinajstić information content (AvgIpc) is 2.48. The van der Waals surface area contributed by atoms with Crippen LogP contribution in [0, 0.1) is 0 Å². The molecular weight excluding hydrogens is 266 g/mol. The fourth-order valence-electron chi connectivity index (χ4n) is 2.02. The molecule has 1 amide bonds.